The number of fused-ring (bicyclic) bond motifs is 1. The summed E-state index contributed by atoms with van der Waals surface area (Å²) in [5.41, 5.74) is 4.14. The molecule has 4 aromatic rings. The van der Waals surface area contributed by atoms with Gasteiger partial charge in [0.1, 0.15) is 0 Å². The van der Waals surface area contributed by atoms with Gasteiger partial charge in [-0.05, 0) is 19.4 Å². The fraction of sp³-hybridized carbons (Fsp3) is 0.368. The molecular formula is C19H24ClN7O2. The Balaban J connectivity index is 0.00000240. The number of aliphatic hydroxyl groups is 2. The average molecular weight is 418 g/mol. The van der Waals surface area contributed by atoms with Gasteiger partial charge in [0.05, 0.1) is 60.9 Å². The van der Waals surface area contributed by atoms with E-state index in [-0.39, 0.29) is 25.6 Å². The smallest absolute Gasteiger partial charge is 0.0999 e. The van der Waals surface area contributed by atoms with Crippen molar-refractivity contribution in [2.45, 2.75) is 39.0 Å². The largest absolute Gasteiger partial charge is 0.394 e. The maximum atomic E-state index is 9.62. The molecule has 0 aliphatic heterocycles. The molecule has 4 heterocycles. The van der Waals surface area contributed by atoms with Crippen molar-refractivity contribution in [3.63, 3.8) is 0 Å². The van der Waals surface area contributed by atoms with Crippen molar-refractivity contribution >= 4 is 17.9 Å². The number of nitrogens with zero attached hydrogens (tertiary/aromatic N) is 7. The minimum Gasteiger partial charge on any atom is -0.394 e. The van der Waals surface area contributed by atoms with Crippen molar-refractivity contribution in [1.82, 2.24) is 34.2 Å². The van der Waals surface area contributed by atoms with Crippen LogP contribution >= 0.6 is 12.4 Å². The van der Waals surface area contributed by atoms with Crippen LogP contribution in [0.15, 0.2) is 43.2 Å². The molecule has 2 atom stereocenters. The molecule has 4 aromatic heterocycles. The van der Waals surface area contributed by atoms with E-state index in [0.29, 0.717) is 11.7 Å². The molecule has 0 saturated heterocycles. The van der Waals surface area contributed by atoms with Crippen molar-refractivity contribution in [3.8, 4) is 22.5 Å². The lowest BCUT2D eigenvalue weighted by atomic mass is 10.2. The van der Waals surface area contributed by atoms with E-state index in [2.05, 4.69) is 29.1 Å². The van der Waals surface area contributed by atoms with Crippen LogP contribution in [0.2, 0.25) is 0 Å². The van der Waals surface area contributed by atoms with Crippen LogP contribution in [0.25, 0.3) is 28.0 Å². The highest BCUT2D eigenvalue weighted by molar-refractivity contribution is 5.85. The van der Waals surface area contributed by atoms with Gasteiger partial charge >= 0.3 is 0 Å². The first-order valence-electron chi connectivity index (χ1n) is 9.29. The third kappa shape index (κ3) is 4.16. The van der Waals surface area contributed by atoms with Crippen molar-refractivity contribution in [3.05, 3.63) is 43.2 Å². The van der Waals surface area contributed by atoms with E-state index >= 15 is 0 Å². The molecule has 10 heteroatoms. The first-order valence-corrected chi connectivity index (χ1v) is 9.29. The number of aliphatic hydroxyl groups excluding tert-OH is 2. The second-order valence-electron chi connectivity index (χ2n) is 6.89. The van der Waals surface area contributed by atoms with Crippen molar-refractivity contribution in [1.29, 1.82) is 0 Å². The van der Waals surface area contributed by atoms with Gasteiger partial charge in [0.15, 0.2) is 0 Å². The minimum absolute atomic E-state index is 0. The first kappa shape index (κ1) is 21.0. The van der Waals surface area contributed by atoms with Gasteiger partial charge in [0, 0.05) is 29.6 Å². The molecule has 29 heavy (non-hydrogen) atoms. The monoisotopic (exact) mass is 417 g/mol. The zero-order valence-corrected chi connectivity index (χ0v) is 17.1. The van der Waals surface area contributed by atoms with E-state index in [1.54, 1.807) is 27.8 Å². The van der Waals surface area contributed by atoms with Gasteiger partial charge in [-0.15, -0.1) is 12.4 Å². The molecule has 0 spiro atoms. The zero-order valence-electron chi connectivity index (χ0n) is 16.3. The minimum atomic E-state index is -0.851. The van der Waals surface area contributed by atoms with Crippen LogP contribution in [0.1, 0.15) is 26.3 Å². The lowest BCUT2D eigenvalue weighted by Gasteiger charge is -2.08. The fourth-order valence-corrected chi connectivity index (χ4v) is 3.04. The van der Waals surface area contributed by atoms with Gasteiger partial charge in [-0.1, -0.05) is 6.92 Å². The summed E-state index contributed by atoms with van der Waals surface area (Å²) in [5, 5.41) is 31.7. The third-order valence-electron chi connectivity index (χ3n) is 4.84. The number of halogens is 1. The maximum Gasteiger partial charge on any atom is 0.0999 e. The molecule has 0 bridgehead atoms. The van der Waals surface area contributed by atoms with Crippen molar-refractivity contribution in [2.24, 2.45) is 0 Å². The quantitative estimate of drug-likeness (QED) is 0.477. The second kappa shape index (κ2) is 8.73. The Morgan fingerprint density at radius 1 is 1.07 bits per heavy atom. The summed E-state index contributed by atoms with van der Waals surface area (Å²) >= 11 is 0. The highest BCUT2D eigenvalue weighted by atomic mass is 35.5. The Bertz CT molecular complexity index is 1090. The number of hydrogen-bond donors (Lipinski definition) is 2. The normalized spacial score (nSPS) is 13.4. The lowest BCUT2D eigenvalue weighted by molar-refractivity contribution is 0.0783. The predicted molar refractivity (Wildman–Crippen MR) is 111 cm³/mol. The Hall–Kier alpha value is -2.75. The van der Waals surface area contributed by atoms with Crippen LogP contribution in [-0.4, -0.2) is 57.1 Å². The van der Waals surface area contributed by atoms with E-state index in [9.17, 15) is 5.11 Å². The molecule has 154 valence electrons. The maximum absolute atomic E-state index is 9.62. The van der Waals surface area contributed by atoms with Crippen LogP contribution in [0, 0.1) is 0 Å². The summed E-state index contributed by atoms with van der Waals surface area (Å²) < 4.78 is 5.33. The fourth-order valence-electron chi connectivity index (χ4n) is 3.04. The van der Waals surface area contributed by atoms with Crippen LogP contribution in [0.4, 0.5) is 0 Å². The topological polar surface area (TPSA) is 106 Å². The van der Waals surface area contributed by atoms with Gasteiger partial charge in [0.2, 0.25) is 0 Å². The van der Waals surface area contributed by atoms with Crippen LogP contribution in [0.5, 0.6) is 0 Å². The van der Waals surface area contributed by atoms with E-state index in [1.165, 1.54) is 0 Å². The van der Waals surface area contributed by atoms with E-state index < -0.39 is 6.10 Å². The van der Waals surface area contributed by atoms with Gasteiger partial charge in [-0.3, -0.25) is 9.36 Å². The SMILES string of the molecule is CCC(C)n1cc(-c2nc(-c3cnn(CC(O)CO)c3)cn3nccc23)cn1.Cl. The molecule has 4 rings (SSSR count). The Labute approximate surface area is 174 Å². The van der Waals surface area contributed by atoms with Crippen molar-refractivity contribution < 1.29 is 10.2 Å². The number of aromatic nitrogens is 7. The third-order valence-corrected chi connectivity index (χ3v) is 4.84. The number of rotatable bonds is 7. The lowest BCUT2D eigenvalue weighted by Crippen LogP contribution is -2.19. The summed E-state index contributed by atoms with van der Waals surface area (Å²) in [6.07, 6.45) is 11.1. The van der Waals surface area contributed by atoms with Crippen LogP contribution in [-0.2, 0) is 6.54 Å². The average Bonchev–Trinajstić information content (AvgIpc) is 3.46. The first-order chi connectivity index (χ1) is 13.6. The predicted octanol–water partition coefficient (Wildman–Crippen LogP) is 2.20. The molecule has 2 unspecified atom stereocenters. The van der Waals surface area contributed by atoms with Gasteiger partial charge in [0.25, 0.3) is 0 Å². The summed E-state index contributed by atoms with van der Waals surface area (Å²) in [6.45, 7) is 4.17. The molecule has 0 fully saturated rings. The van der Waals surface area contributed by atoms with E-state index in [1.807, 2.05) is 29.3 Å². The van der Waals surface area contributed by atoms with Crippen LogP contribution in [0.3, 0.4) is 0 Å². The molecule has 0 radical (unpaired) electrons. The summed E-state index contributed by atoms with van der Waals surface area (Å²) in [5.74, 6) is 0. The molecule has 0 aromatic carbocycles. The molecule has 2 N–H and O–H groups in total. The highest BCUT2D eigenvalue weighted by Gasteiger charge is 2.15. The van der Waals surface area contributed by atoms with Crippen LogP contribution < -0.4 is 0 Å². The highest BCUT2D eigenvalue weighted by Crippen LogP contribution is 2.27. The zero-order chi connectivity index (χ0) is 19.7. The van der Waals surface area contributed by atoms with E-state index in [0.717, 1.165) is 28.8 Å². The molecule has 0 saturated carbocycles. The Morgan fingerprint density at radius 2 is 1.86 bits per heavy atom. The summed E-state index contributed by atoms with van der Waals surface area (Å²) in [4.78, 5) is 4.85. The molecule has 9 nitrogen and oxygen atoms in total. The van der Waals surface area contributed by atoms with Gasteiger partial charge in [-0.25, -0.2) is 9.50 Å². The Morgan fingerprint density at radius 3 is 2.62 bits per heavy atom. The molecule has 0 amide bonds. The van der Waals surface area contributed by atoms with E-state index in [4.69, 9.17) is 10.1 Å². The summed E-state index contributed by atoms with van der Waals surface area (Å²) in [6, 6.07) is 2.24. The van der Waals surface area contributed by atoms with Crippen molar-refractivity contribution in [2.75, 3.05) is 6.61 Å². The van der Waals surface area contributed by atoms with Gasteiger partial charge < -0.3 is 10.2 Å². The molecule has 0 aliphatic carbocycles. The summed E-state index contributed by atoms with van der Waals surface area (Å²) in [7, 11) is 0. The van der Waals surface area contributed by atoms with Gasteiger partial charge in [-0.2, -0.15) is 15.3 Å². The second-order valence-corrected chi connectivity index (χ2v) is 6.89. The number of hydrogen-bond acceptors (Lipinski definition) is 6. The Kier molecular flexibility index (Phi) is 6.31. The molecule has 0 aliphatic rings. The standard InChI is InChI=1S/C19H23N7O2.ClH/c1-3-13(2)25-9-15(7-22-25)19-18-4-5-20-26(18)11-17(23-19)14-6-21-24(8-14)10-16(28)12-27;/h4-9,11,13,16,27-28H,3,10,12H2,1-2H3;1H. The molecular weight excluding hydrogens is 394 g/mol.